The average molecular weight is 1420 g/mol. The van der Waals surface area contributed by atoms with Crippen LogP contribution in [0.4, 0.5) is 0 Å². The van der Waals surface area contributed by atoms with Crippen LogP contribution in [-0.2, 0) is 47.4 Å². The van der Waals surface area contributed by atoms with Crippen LogP contribution in [0.25, 0.3) is 21.5 Å². The van der Waals surface area contributed by atoms with Gasteiger partial charge in [0.05, 0.1) is 119 Å². The maximum absolute atomic E-state index is 7.41. The molecule has 0 amide bonds. The van der Waals surface area contributed by atoms with Crippen LogP contribution in [0, 0.1) is 0 Å². The first kappa shape index (κ1) is 70.7. The zero-order valence-electron chi connectivity index (χ0n) is 59.1. The van der Waals surface area contributed by atoms with Gasteiger partial charge in [0.1, 0.15) is 77.6 Å². The van der Waals surface area contributed by atoms with E-state index < -0.39 is 0 Å². The Labute approximate surface area is 606 Å². The van der Waals surface area contributed by atoms with Gasteiger partial charge in [0.15, 0.2) is 46.0 Å². The van der Waals surface area contributed by atoms with E-state index in [0.29, 0.717) is 205 Å². The van der Waals surface area contributed by atoms with E-state index >= 15 is 0 Å². The largest absolute Gasteiger partial charge is 0.491 e. The molecule has 4 atom stereocenters. The Bertz CT molecular complexity index is 3850. The molecular weight excluding hydrogens is 1330 g/mol. The lowest BCUT2D eigenvalue weighted by Gasteiger charge is -2.49. The Morgan fingerprint density at radius 3 is 0.635 bits per heavy atom. The molecule has 9 aromatic rings. The molecule has 8 aliphatic rings. The zero-order chi connectivity index (χ0) is 70.2. The smallest absolute Gasteiger partial charge is 0.161 e. The van der Waals surface area contributed by atoms with E-state index in [1.807, 2.05) is 48.5 Å². The van der Waals surface area contributed by atoms with Crippen molar-refractivity contribution < 1.29 is 94.7 Å². The number of rotatable bonds is 8. The number of methoxy groups -OCH3 is 2. The molecule has 0 saturated carbocycles. The van der Waals surface area contributed by atoms with E-state index in [1.54, 1.807) is 14.2 Å². The molecule has 104 heavy (non-hydrogen) atoms. The summed E-state index contributed by atoms with van der Waals surface area (Å²) in [6, 6.07) is 50.4. The first-order valence-corrected chi connectivity index (χ1v) is 36.3. The molecule has 2 heterocycles. The van der Waals surface area contributed by atoms with E-state index in [4.69, 9.17) is 94.7 Å². The fraction of sp³-hybridized carbons (Fsp3) is 0.405. The first-order chi connectivity index (χ1) is 51.6. The van der Waals surface area contributed by atoms with Gasteiger partial charge in [-0.15, -0.1) is 0 Å². The number of benzene rings is 9. The zero-order valence-corrected chi connectivity index (χ0v) is 59.1. The predicted octanol–water partition coefficient (Wildman–Crippen LogP) is 12.6. The third-order valence-electron chi connectivity index (χ3n) is 19.6. The molecule has 0 N–H and O–H groups in total. The third-order valence-corrected chi connectivity index (χ3v) is 19.6. The van der Waals surface area contributed by atoms with Crippen molar-refractivity contribution >= 4 is 21.5 Å². The van der Waals surface area contributed by atoms with Gasteiger partial charge in [0.25, 0.3) is 0 Å². The third kappa shape index (κ3) is 15.6. The second-order valence-corrected chi connectivity index (χ2v) is 25.8. The Balaban J connectivity index is 0.738. The van der Waals surface area contributed by atoms with Crippen molar-refractivity contribution in [1.29, 1.82) is 0 Å². The maximum Gasteiger partial charge on any atom is 0.161 e. The lowest BCUT2D eigenvalue weighted by atomic mass is 9.55. The van der Waals surface area contributed by atoms with Gasteiger partial charge in [-0.1, -0.05) is 97.1 Å². The Morgan fingerprint density at radius 2 is 0.423 bits per heavy atom. The summed E-state index contributed by atoms with van der Waals surface area (Å²) < 4.78 is 127. The second kappa shape index (κ2) is 34.8. The highest BCUT2D eigenvalue weighted by molar-refractivity contribution is 5.88. The van der Waals surface area contributed by atoms with Crippen LogP contribution in [0.3, 0.4) is 0 Å². The highest BCUT2D eigenvalue weighted by Gasteiger charge is 2.53. The van der Waals surface area contributed by atoms with Gasteiger partial charge < -0.3 is 94.7 Å². The van der Waals surface area contributed by atoms with Gasteiger partial charge in [-0.25, -0.2) is 0 Å². The van der Waals surface area contributed by atoms with Gasteiger partial charge >= 0.3 is 0 Å². The molecule has 6 aliphatic carbocycles. The van der Waals surface area contributed by atoms with Crippen molar-refractivity contribution in [1.82, 2.24) is 0 Å². The standard InChI is InChI=1S/C84H90O20/c1-85-19-37-103-83-79-75-59-15-7-9-17-61(59)77(65-53-73-71(51-63(65)75)99-43-33-91-25-21-87-29-39-95-67-47-55-11-3-5-13-57(55)49-69(67)97-41-31-89-23-27-93-35-45-101-73)81(79)84(104-38-20-86-2)82-78-62-18-10-8-16-60(62)76(80(82)83)64-52-72-74(54-66(64)78)102-46-36-94-28-24-90-32-42-98-70-50-58-14-6-4-12-56(58)48-68(70)96-40-30-88-22-26-92-34-44-100-72/h3-18,47-54,75-78H,19-46H2,1-2H3/t75-,76+,77+,78-. The minimum Gasteiger partial charge on any atom is -0.491 e. The highest BCUT2D eigenvalue weighted by atomic mass is 16.6. The van der Waals surface area contributed by atoms with Gasteiger partial charge in [-0.3, -0.25) is 0 Å². The van der Waals surface area contributed by atoms with Gasteiger partial charge in [0.2, 0.25) is 0 Å². The summed E-state index contributed by atoms with van der Waals surface area (Å²) >= 11 is 0. The summed E-state index contributed by atoms with van der Waals surface area (Å²) in [5.74, 6) is 5.21. The summed E-state index contributed by atoms with van der Waals surface area (Å²) in [6.45, 7) is 9.28. The van der Waals surface area contributed by atoms with Gasteiger partial charge in [-0.05, 0) is 115 Å². The SMILES string of the molecule is COCCOc1c2c(c(OCCOC)c3c1[C@H]1c4ccccc4[C@@H]3c3cc4c(cc31)OCCOCCOCCOc1cc3ccccc3cc1OCCOCCOCCO4)[C@H]1c3ccccc3[C@@H]2c2cc3c(cc21)OCCOCCOCCOc1cc2ccccc2cc1OCCOCCOCCO3. The van der Waals surface area contributed by atoms with Gasteiger partial charge in [0, 0.05) is 60.1 Å². The van der Waals surface area contributed by atoms with Gasteiger partial charge in [-0.2, -0.15) is 0 Å². The lowest BCUT2D eigenvalue weighted by molar-refractivity contribution is 0.0223. The van der Waals surface area contributed by atoms with Crippen molar-refractivity contribution in [2.75, 3.05) is 199 Å². The molecule has 0 radical (unpaired) electrons. The molecule has 0 unspecified atom stereocenters. The fourth-order valence-electron chi connectivity index (χ4n) is 15.1. The highest BCUT2D eigenvalue weighted by Crippen LogP contribution is 2.69. The van der Waals surface area contributed by atoms with E-state index in [9.17, 15) is 0 Å². The molecular formula is C84H90O20. The lowest BCUT2D eigenvalue weighted by Crippen LogP contribution is -2.34. The van der Waals surface area contributed by atoms with Crippen LogP contribution in [-0.4, -0.2) is 199 Å². The van der Waals surface area contributed by atoms with Crippen molar-refractivity contribution in [3.8, 4) is 57.5 Å². The average Bonchev–Trinajstić information content (AvgIpc) is 0.664. The molecule has 9 aromatic carbocycles. The first-order valence-electron chi connectivity index (χ1n) is 36.3. The van der Waals surface area contributed by atoms with Crippen LogP contribution in [0.1, 0.15) is 90.4 Å². The molecule has 0 spiro atoms. The quantitative estimate of drug-likeness (QED) is 0.131. The van der Waals surface area contributed by atoms with Crippen molar-refractivity contribution in [3.05, 3.63) is 212 Å². The Kier molecular flexibility index (Phi) is 23.7. The van der Waals surface area contributed by atoms with Crippen molar-refractivity contribution in [3.63, 3.8) is 0 Å². The molecule has 0 saturated heterocycles. The van der Waals surface area contributed by atoms with Crippen LogP contribution < -0.4 is 47.4 Å². The minimum absolute atomic E-state index is 0.252. The molecule has 20 heteroatoms. The molecule has 0 fully saturated rings. The molecule has 4 bridgehead atoms. The molecule has 20 nitrogen and oxygen atoms in total. The van der Waals surface area contributed by atoms with E-state index in [2.05, 4.69) is 97.1 Å². The molecule has 0 aromatic heterocycles. The predicted molar refractivity (Wildman–Crippen MR) is 389 cm³/mol. The van der Waals surface area contributed by atoms with E-state index in [-0.39, 0.29) is 50.1 Å². The number of ether oxygens (including phenoxy) is 20. The Hall–Kier alpha value is -8.90. The number of hydrogen-bond acceptors (Lipinski definition) is 20. The summed E-state index contributed by atoms with van der Waals surface area (Å²) in [5.41, 5.74) is 13.2. The second-order valence-electron chi connectivity index (χ2n) is 25.8. The van der Waals surface area contributed by atoms with Crippen LogP contribution in [0.2, 0.25) is 0 Å². The minimum atomic E-state index is -0.333. The van der Waals surface area contributed by atoms with E-state index in [0.717, 1.165) is 77.6 Å². The maximum atomic E-state index is 7.41. The molecule has 17 rings (SSSR count). The van der Waals surface area contributed by atoms with Crippen molar-refractivity contribution in [2.24, 2.45) is 0 Å². The molecule has 546 valence electrons. The molecule has 2 aliphatic heterocycles. The summed E-state index contributed by atoms with van der Waals surface area (Å²) in [7, 11) is 3.41. The van der Waals surface area contributed by atoms with Crippen LogP contribution in [0.15, 0.2) is 146 Å². The van der Waals surface area contributed by atoms with Crippen molar-refractivity contribution in [2.45, 2.75) is 23.7 Å². The normalized spacial score (nSPS) is 20.0. The monoisotopic (exact) mass is 1420 g/mol. The topological polar surface area (TPSA) is 185 Å². The van der Waals surface area contributed by atoms with Crippen LogP contribution >= 0.6 is 0 Å². The van der Waals surface area contributed by atoms with Crippen LogP contribution in [0.5, 0.6) is 57.5 Å². The fourth-order valence-corrected chi connectivity index (χ4v) is 15.1. The number of hydrogen-bond donors (Lipinski definition) is 0. The van der Waals surface area contributed by atoms with E-state index in [1.165, 1.54) is 22.3 Å². The summed E-state index contributed by atoms with van der Waals surface area (Å²) in [5, 5.41) is 4.22. The Morgan fingerprint density at radius 1 is 0.231 bits per heavy atom. The summed E-state index contributed by atoms with van der Waals surface area (Å²) in [4.78, 5) is 0. The summed E-state index contributed by atoms with van der Waals surface area (Å²) in [6.07, 6.45) is 0. The number of fused-ring (bicyclic) bond motifs is 6.